The molecule has 1 saturated carbocycles. The number of aromatic nitrogens is 4. The molecular formula is C18H21N5O. The van der Waals surface area contributed by atoms with Crippen LogP contribution in [-0.2, 0) is 0 Å². The van der Waals surface area contributed by atoms with Gasteiger partial charge in [0.1, 0.15) is 5.82 Å². The molecule has 3 aromatic rings. The topological polar surface area (TPSA) is 75.3 Å². The largest absolute Gasteiger partial charge is 0.396 e. The molecular weight excluding hydrogens is 302 g/mol. The van der Waals surface area contributed by atoms with Gasteiger partial charge in [-0.15, -0.1) is 5.10 Å². The maximum absolute atomic E-state index is 9.25. The molecule has 6 nitrogen and oxygen atoms in total. The Morgan fingerprint density at radius 3 is 2.62 bits per heavy atom. The normalized spacial score (nSPS) is 21.0. The summed E-state index contributed by atoms with van der Waals surface area (Å²) < 4.78 is 1.87. The van der Waals surface area contributed by atoms with Crippen LogP contribution < -0.4 is 5.32 Å². The third-order valence-corrected chi connectivity index (χ3v) is 4.80. The summed E-state index contributed by atoms with van der Waals surface area (Å²) >= 11 is 0. The monoisotopic (exact) mass is 323 g/mol. The molecule has 4 rings (SSSR count). The van der Waals surface area contributed by atoms with Crippen LogP contribution in [0.25, 0.3) is 16.9 Å². The van der Waals surface area contributed by atoms with Crippen LogP contribution in [0.2, 0.25) is 0 Å². The number of nitrogens with zero attached hydrogens (tertiary/aromatic N) is 4. The molecule has 6 heteroatoms. The number of pyridine rings is 1. The Hall–Kier alpha value is -2.47. The molecule has 1 aliphatic carbocycles. The number of hydrogen-bond acceptors (Lipinski definition) is 5. The van der Waals surface area contributed by atoms with Crippen LogP contribution in [0.15, 0.2) is 42.9 Å². The molecule has 0 bridgehead atoms. The highest BCUT2D eigenvalue weighted by atomic mass is 16.3. The van der Waals surface area contributed by atoms with Gasteiger partial charge < -0.3 is 10.4 Å². The van der Waals surface area contributed by atoms with Crippen LogP contribution in [0.4, 0.5) is 5.82 Å². The van der Waals surface area contributed by atoms with Gasteiger partial charge in [0.2, 0.25) is 0 Å². The van der Waals surface area contributed by atoms with Gasteiger partial charge in [-0.1, -0.05) is 0 Å². The zero-order valence-corrected chi connectivity index (χ0v) is 13.5. The van der Waals surface area contributed by atoms with E-state index in [-0.39, 0.29) is 0 Å². The zero-order valence-electron chi connectivity index (χ0n) is 13.5. The van der Waals surface area contributed by atoms with Gasteiger partial charge in [0.15, 0.2) is 5.65 Å². The Morgan fingerprint density at radius 2 is 1.88 bits per heavy atom. The van der Waals surface area contributed by atoms with E-state index in [1.54, 1.807) is 12.4 Å². The van der Waals surface area contributed by atoms with Crippen LogP contribution in [0.1, 0.15) is 25.7 Å². The van der Waals surface area contributed by atoms with Crippen molar-refractivity contribution in [3.8, 4) is 11.3 Å². The standard InChI is InChI=1S/C18H21N5O/c24-12-13-1-3-15(4-2-13)21-17-5-6-18-20-11-16(23(18)22-17)14-7-9-19-10-8-14/h5-11,13,15,24H,1-4,12H2,(H,21,22). The van der Waals surface area contributed by atoms with E-state index < -0.39 is 0 Å². The van der Waals surface area contributed by atoms with Crippen molar-refractivity contribution in [1.82, 2.24) is 19.6 Å². The molecule has 0 spiro atoms. The number of anilines is 1. The van der Waals surface area contributed by atoms with Crippen LogP contribution in [-0.4, -0.2) is 37.3 Å². The van der Waals surface area contributed by atoms with Crippen molar-refractivity contribution >= 4 is 11.5 Å². The van der Waals surface area contributed by atoms with Crippen molar-refractivity contribution < 1.29 is 5.11 Å². The molecule has 0 aromatic carbocycles. The molecule has 0 atom stereocenters. The smallest absolute Gasteiger partial charge is 0.154 e. The molecule has 1 aliphatic rings. The average molecular weight is 323 g/mol. The Labute approximate surface area is 140 Å². The highest BCUT2D eigenvalue weighted by Crippen LogP contribution is 2.26. The van der Waals surface area contributed by atoms with Crippen LogP contribution in [0.3, 0.4) is 0 Å². The summed E-state index contributed by atoms with van der Waals surface area (Å²) in [5.41, 5.74) is 2.84. The quantitative estimate of drug-likeness (QED) is 0.772. The maximum atomic E-state index is 9.25. The highest BCUT2D eigenvalue weighted by molar-refractivity contribution is 5.63. The summed E-state index contributed by atoms with van der Waals surface area (Å²) in [5.74, 6) is 1.33. The molecule has 0 radical (unpaired) electrons. The minimum absolute atomic E-state index is 0.307. The number of imidazole rings is 1. The SMILES string of the molecule is OCC1CCC(Nc2ccc3ncc(-c4ccncc4)n3n2)CC1. The van der Waals surface area contributed by atoms with Crippen LogP contribution in [0, 0.1) is 5.92 Å². The predicted molar refractivity (Wildman–Crippen MR) is 92.7 cm³/mol. The number of fused-ring (bicyclic) bond motifs is 1. The number of hydrogen-bond donors (Lipinski definition) is 2. The van der Waals surface area contributed by atoms with Crippen LogP contribution in [0.5, 0.6) is 0 Å². The highest BCUT2D eigenvalue weighted by Gasteiger charge is 2.20. The second-order valence-electron chi connectivity index (χ2n) is 6.41. The Kier molecular flexibility index (Phi) is 4.13. The van der Waals surface area contributed by atoms with Crippen molar-refractivity contribution in [3.63, 3.8) is 0 Å². The van der Waals surface area contributed by atoms with E-state index in [1.807, 2.05) is 35.0 Å². The first-order valence-corrected chi connectivity index (χ1v) is 8.46. The molecule has 0 aliphatic heterocycles. The third kappa shape index (κ3) is 2.97. The lowest BCUT2D eigenvalue weighted by Crippen LogP contribution is -2.27. The molecule has 0 saturated heterocycles. The lowest BCUT2D eigenvalue weighted by Gasteiger charge is -2.28. The molecule has 3 heterocycles. The molecule has 24 heavy (non-hydrogen) atoms. The second kappa shape index (κ2) is 6.57. The minimum atomic E-state index is 0.307. The van der Waals surface area contributed by atoms with Crippen LogP contribution >= 0.6 is 0 Å². The first kappa shape index (κ1) is 15.1. The Balaban J connectivity index is 1.57. The van der Waals surface area contributed by atoms with E-state index >= 15 is 0 Å². The first-order valence-electron chi connectivity index (χ1n) is 8.46. The van der Waals surface area contributed by atoms with Gasteiger partial charge in [0.25, 0.3) is 0 Å². The first-order chi connectivity index (χ1) is 11.8. The summed E-state index contributed by atoms with van der Waals surface area (Å²) in [7, 11) is 0. The van der Waals surface area contributed by atoms with Gasteiger partial charge in [-0.2, -0.15) is 0 Å². The molecule has 0 amide bonds. The number of rotatable bonds is 4. The number of aliphatic hydroxyl groups excluding tert-OH is 1. The van der Waals surface area contributed by atoms with E-state index in [0.29, 0.717) is 18.6 Å². The summed E-state index contributed by atoms with van der Waals surface area (Å²) in [6.07, 6.45) is 9.69. The maximum Gasteiger partial charge on any atom is 0.154 e. The van der Waals surface area contributed by atoms with Crippen molar-refractivity contribution in [1.29, 1.82) is 0 Å². The van der Waals surface area contributed by atoms with E-state index in [4.69, 9.17) is 5.10 Å². The van der Waals surface area contributed by atoms with Gasteiger partial charge in [0, 0.05) is 30.6 Å². The van der Waals surface area contributed by atoms with E-state index in [1.165, 1.54) is 0 Å². The third-order valence-electron chi connectivity index (χ3n) is 4.80. The summed E-state index contributed by atoms with van der Waals surface area (Å²) in [4.78, 5) is 8.49. The fraction of sp³-hybridized carbons (Fsp3) is 0.389. The van der Waals surface area contributed by atoms with Gasteiger partial charge in [0.05, 0.1) is 11.9 Å². The van der Waals surface area contributed by atoms with E-state index in [9.17, 15) is 5.11 Å². The van der Waals surface area contributed by atoms with Crippen molar-refractivity contribution in [2.24, 2.45) is 5.92 Å². The Bertz CT molecular complexity index is 809. The average Bonchev–Trinajstić information content (AvgIpc) is 3.06. The number of aliphatic hydroxyl groups is 1. The second-order valence-corrected chi connectivity index (χ2v) is 6.41. The molecule has 2 N–H and O–H groups in total. The molecule has 124 valence electrons. The molecule has 3 aromatic heterocycles. The van der Waals surface area contributed by atoms with Crippen molar-refractivity contribution in [2.75, 3.05) is 11.9 Å². The molecule has 0 unspecified atom stereocenters. The summed E-state index contributed by atoms with van der Waals surface area (Å²) in [6.45, 7) is 0.307. The molecule has 1 fully saturated rings. The van der Waals surface area contributed by atoms with E-state index in [0.717, 1.165) is 48.4 Å². The van der Waals surface area contributed by atoms with Crippen molar-refractivity contribution in [2.45, 2.75) is 31.7 Å². The minimum Gasteiger partial charge on any atom is -0.396 e. The van der Waals surface area contributed by atoms with Gasteiger partial charge >= 0.3 is 0 Å². The predicted octanol–water partition coefficient (Wildman–Crippen LogP) is 2.75. The Morgan fingerprint density at radius 1 is 1.08 bits per heavy atom. The summed E-state index contributed by atoms with van der Waals surface area (Å²) in [6, 6.07) is 8.31. The lowest BCUT2D eigenvalue weighted by atomic mass is 9.86. The fourth-order valence-corrected chi connectivity index (χ4v) is 3.37. The van der Waals surface area contributed by atoms with Gasteiger partial charge in [-0.3, -0.25) is 4.98 Å². The summed E-state index contributed by atoms with van der Waals surface area (Å²) in [5, 5.41) is 17.5. The van der Waals surface area contributed by atoms with Crippen molar-refractivity contribution in [3.05, 3.63) is 42.9 Å². The fourth-order valence-electron chi connectivity index (χ4n) is 3.37. The zero-order chi connectivity index (χ0) is 16.4. The van der Waals surface area contributed by atoms with E-state index in [2.05, 4.69) is 15.3 Å². The number of nitrogens with one attached hydrogen (secondary N) is 1. The van der Waals surface area contributed by atoms with Gasteiger partial charge in [-0.05, 0) is 55.9 Å². The van der Waals surface area contributed by atoms with Gasteiger partial charge in [-0.25, -0.2) is 9.50 Å². The lowest BCUT2D eigenvalue weighted by molar-refractivity contribution is 0.185.